The van der Waals surface area contributed by atoms with Gasteiger partial charge in [0.1, 0.15) is 6.33 Å². The number of carbonyl (C=O) groups is 1. The fourth-order valence-corrected chi connectivity index (χ4v) is 4.36. The summed E-state index contributed by atoms with van der Waals surface area (Å²) in [5.74, 6) is 0.562. The van der Waals surface area contributed by atoms with Crippen molar-refractivity contribution >= 4 is 17.7 Å². The highest BCUT2D eigenvalue weighted by Gasteiger charge is 2.42. The van der Waals surface area contributed by atoms with Gasteiger partial charge in [0, 0.05) is 18.1 Å². The minimum atomic E-state index is -0.233. The van der Waals surface area contributed by atoms with Crippen LogP contribution < -0.4 is 0 Å². The van der Waals surface area contributed by atoms with Crippen LogP contribution in [0.1, 0.15) is 45.6 Å². The lowest BCUT2D eigenvalue weighted by molar-refractivity contribution is -0.134. The van der Waals surface area contributed by atoms with E-state index in [1.165, 1.54) is 11.8 Å². The van der Waals surface area contributed by atoms with Crippen LogP contribution in [0.15, 0.2) is 11.5 Å². The van der Waals surface area contributed by atoms with Crippen LogP contribution >= 0.6 is 11.8 Å². The van der Waals surface area contributed by atoms with Gasteiger partial charge in [-0.05, 0) is 39.5 Å². The van der Waals surface area contributed by atoms with Gasteiger partial charge in [0.2, 0.25) is 5.91 Å². The van der Waals surface area contributed by atoms with E-state index in [0.717, 1.165) is 30.8 Å². The van der Waals surface area contributed by atoms with Gasteiger partial charge < -0.3 is 14.6 Å². The standard InChI is InChI=1S/C14H22N4O2S/c1-9(2)17-8-15-16-14(17)21-7-13(20)18-10-3-4-11(18)6-12(19)5-10/h8-12,19H,3-7H2,1-2H3. The van der Waals surface area contributed by atoms with Crippen LogP contribution in [0.5, 0.6) is 0 Å². The van der Waals surface area contributed by atoms with Crippen molar-refractivity contribution in [3.05, 3.63) is 6.33 Å². The summed E-state index contributed by atoms with van der Waals surface area (Å²) in [6.45, 7) is 4.14. The topological polar surface area (TPSA) is 71.2 Å². The Morgan fingerprint density at radius 2 is 2.10 bits per heavy atom. The molecule has 1 N–H and O–H groups in total. The zero-order valence-corrected chi connectivity index (χ0v) is 13.3. The second kappa shape index (κ2) is 5.96. The molecule has 1 aromatic rings. The van der Waals surface area contributed by atoms with Crippen LogP contribution in [0.2, 0.25) is 0 Å². The molecule has 21 heavy (non-hydrogen) atoms. The van der Waals surface area contributed by atoms with Gasteiger partial charge in [-0.2, -0.15) is 0 Å². The molecular formula is C14H22N4O2S. The van der Waals surface area contributed by atoms with E-state index in [2.05, 4.69) is 24.0 Å². The SMILES string of the molecule is CC(C)n1cnnc1SCC(=O)N1C2CCC1CC(O)C2. The molecule has 2 fully saturated rings. The summed E-state index contributed by atoms with van der Waals surface area (Å²) in [6.07, 6.45) is 4.99. The zero-order valence-electron chi connectivity index (χ0n) is 12.5. The van der Waals surface area contributed by atoms with Crippen molar-refractivity contribution in [3.8, 4) is 0 Å². The number of aromatic nitrogens is 3. The maximum Gasteiger partial charge on any atom is 0.233 e. The quantitative estimate of drug-likeness (QED) is 0.853. The Morgan fingerprint density at radius 3 is 2.71 bits per heavy atom. The van der Waals surface area contributed by atoms with Crippen molar-refractivity contribution in [2.45, 2.75) is 68.9 Å². The molecule has 0 radical (unpaired) electrons. The molecular weight excluding hydrogens is 288 g/mol. The molecule has 0 spiro atoms. The Labute approximate surface area is 128 Å². The van der Waals surface area contributed by atoms with E-state index in [1.807, 2.05) is 9.47 Å². The third-order valence-corrected chi connectivity index (χ3v) is 5.36. The first kappa shape index (κ1) is 14.8. The van der Waals surface area contributed by atoms with Crippen LogP contribution in [0.25, 0.3) is 0 Å². The maximum atomic E-state index is 12.5. The summed E-state index contributed by atoms with van der Waals surface area (Å²) < 4.78 is 1.98. The fraction of sp³-hybridized carbons (Fsp3) is 0.786. The van der Waals surface area contributed by atoms with Crippen molar-refractivity contribution in [2.24, 2.45) is 0 Å². The van der Waals surface area contributed by atoms with Gasteiger partial charge >= 0.3 is 0 Å². The number of hydrogen-bond acceptors (Lipinski definition) is 5. The third-order valence-electron chi connectivity index (χ3n) is 4.42. The normalized spacial score (nSPS) is 28.4. The van der Waals surface area contributed by atoms with Crippen LogP contribution in [-0.2, 0) is 4.79 Å². The van der Waals surface area contributed by atoms with Crippen molar-refractivity contribution < 1.29 is 9.90 Å². The third kappa shape index (κ3) is 2.94. The van der Waals surface area contributed by atoms with Crippen molar-refractivity contribution in [3.63, 3.8) is 0 Å². The molecule has 2 aliphatic heterocycles. The lowest BCUT2D eigenvalue weighted by Gasteiger charge is -2.37. The number of aliphatic hydroxyl groups is 1. The first-order valence-corrected chi connectivity index (χ1v) is 8.56. The predicted octanol–water partition coefficient (Wildman–Crippen LogP) is 1.47. The van der Waals surface area contributed by atoms with Gasteiger partial charge in [-0.1, -0.05) is 11.8 Å². The second-order valence-corrected chi connectivity index (χ2v) is 7.16. The highest BCUT2D eigenvalue weighted by molar-refractivity contribution is 7.99. The number of rotatable bonds is 4. The number of piperidine rings is 1. The monoisotopic (exact) mass is 310 g/mol. The average molecular weight is 310 g/mol. The van der Waals surface area contributed by atoms with Crippen LogP contribution in [-0.4, -0.2) is 54.6 Å². The van der Waals surface area contributed by atoms with Crippen LogP contribution in [0, 0.1) is 0 Å². The summed E-state index contributed by atoms with van der Waals surface area (Å²) in [4.78, 5) is 14.5. The van der Waals surface area contributed by atoms with Crippen molar-refractivity contribution in [2.75, 3.05) is 5.75 Å². The van der Waals surface area contributed by atoms with E-state index in [4.69, 9.17) is 0 Å². The molecule has 2 unspecified atom stereocenters. The first-order valence-electron chi connectivity index (χ1n) is 7.57. The Kier molecular flexibility index (Phi) is 4.21. The first-order chi connectivity index (χ1) is 10.1. The van der Waals surface area contributed by atoms with Crippen molar-refractivity contribution in [1.82, 2.24) is 19.7 Å². The number of amides is 1. The van der Waals surface area contributed by atoms with E-state index in [0.29, 0.717) is 11.8 Å². The van der Waals surface area contributed by atoms with E-state index in [-0.39, 0.29) is 24.1 Å². The maximum absolute atomic E-state index is 12.5. The highest BCUT2D eigenvalue weighted by atomic mass is 32.2. The number of fused-ring (bicyclic) bond motifs is 2. The average Bonchev–Trinajstić information content (AvgIpc) is 2.99. The number of nitrogens with zero attached hydrogens (tertiary/aromatic N) is 4. The molecule has 0 aliphatic carbocycles. The summed E-state index contributed by atoms with van der Waals surface area (Å²) in [6, 6.07) is 0.753. The molecule has 2 bridgehead atoms. The van der Waals surface area contributed by atoms with Gasteiger partial charge in [0.05, 0.1) is 11.9 Å². The molecule has 1 aromatic heterocycles. The lowest BCUT2D eigenvalue weighted by Crippen LogP contribution is -2.48. The molecule has 3 rings (SSSR count). The Balaban J connectivity index is 1.61. The summed E-state index contributed by atoms with van der Waals surface area (Å²) in [5.41, 5.74) is 0. The van der Waals surface area contributed by atoms with Gasteiger partial charge in [-0.25, -0.2) is 0 Å². The minimum Gasteiger partial charge on any atom is -0.393 e. The lowest BCUT2D eigenvalue weighted by atomic mass is 10.00. The number of aliphatic hydroxyl groups excluding tert-OH is 1. The van der Waals surface area contributed by atoms with Gasteiger partial charge in [0.15, 0.2) is 5.16 Å². The summed E-state index contributed by atoms with van der Waals surface area (Å²) in [7, 11) is 0. The molecule has 2 aliphatic rings. The van der Waals surface area contributed by atoms with Gasteiger partial charge in [-0.15, -0.1) is 10.2 Å². The molecule has 2 atom stereocenters. The van der Waals surface area contributed by atoms with E-state index in [1.54, 1.807) is 6.33 Å². The minimum absolute atomic E-state index is 0.165. The Bertz CT molecular complexity index is 505. The molecule has 7 heteroatoms. The van der Waals surface area contributed by atoms with E-state index in [9.17, 15) is 9.90 Å². The van der Waals surface area contributed by atoms with E-state index < -0.39 is 0 Å². The Morgan fingerprint density at radius 1 is 1.43 bits per heavy atom. The van der Waals surface area contributed by atoms with E-state index >= 15 is 0 Å². The highest BCUT2D eigenvalue weighted by Crippen LogP contribution is 2.36. The number of hydrogen-bond donors (Lipinski definition) is 1. The fourth-order valence-electron chi connectivity index (χ4n) is 3.45. The molecule has 0 saturated carbocycles. The van der Waals surface area contributed by atoms with Gasteiger partial charge in [0.25, 0.3) is 0 Å². The second-order valence-electron chi connectivity index (χ2n) is 6.21. The number of thioether (sulfide) groups is 1. The molecule has 6 nitrogen and oxygen atoms in total. The van der Waals surface area contributed by atoms with Crippen LogP contribution in [0.4, 0.5) is 0 Å². The molecule has 2 saturated heterocycles. The van der Waals surface area contributed by atoms with Crippen LogP contribution in [0.3, 0.4) is 0 Å². The summed E-state index contributed by atoms with van der Waals surface area (Å²) in [5, 5.41) is 18.6. The molecule has 1 amide bonds. The predicted molar refractivity (Wildman–Crippen MR) is 80.0 cm³/mol. The largest absolute Gasteiger partial charge is 0.393 e. The molecule has 116 valence electrons. The zero-order chi connectivity index (χ0) is 15.0. The summed E-state index contributed by atoms with van der Waals surface area (Å²) >= 11 is 1.45. The number of carbonyl (C=O) groups excluding carboxylic acids is 1. The van der Waals surface area contributed by atoms with Crippen molar-refractivity contribution in [1.29, 1.82) is 0 Å². The smallest absolute Gasteiger partial charge is 0.233 e. The molecule has 0 aromatic carbocycles. The Hall–Kier alpha value is -1.08. The van der Waals surface area contributed by atoms with Gasteiger partial charge in [-0.3, -0.25) is 4.79 Å². The molecule has 3 heterocycles.